The zero-order valence-corrected chi connectivity index (χ0v) is 17.7. The Bertz CT molecular complexity index is 634. The highest BCUT2D eigenvalue weighted by molar-refractivity contribution is 6.04. The molecule has 7 nitrogen and oxygen atoms in total. The topological polar surface area (TPSA) is 102 Å². The molecule has 1 aromatic rings. The molecule has 29 heavy (non-hydrogen) atoms. The largest absolute Gasteiger partial charge is 0.292 e. The number of aromatic nitrogens is 1. The van der Waals surface area contributed by atoms with E-state index in [-0.39, 0.29) is 23.6 Å². The predicted molar refractivity (Wildman–Crippen MR) is 114 cm³/mol. The smallest absolute Gasteiger partial charge is 0.288 e. The second-order valence-electron chi connectivity index (χ2n) is 7.56. The molecule has 7 heteroatoms. The monoisotopic (exact) mass is 405 g/mol. The number of nitrogens with one attached hydrogen (secondary N) is 1. The molecule has 0 radical (unpaired) electrons. The second-order valence-corrected chi connectivity index (χ2v) is 7.56. The van der Waals surface area contributed by atoms with Crippen molar-refractivity contribution >= 4 is 17.5 Å². The van der Waals surface area contributed by atoms with Gasteiger partial charge in [-0.1, -0.05) is 84.0 Å². The molecule has 1 heterocycles. The molecule has 0 unspecified atom stereocenters. The lowest BCUT2D eigenvalue weighted by atomic mass is 10.0. The van der Waals surface area contributed by atoms with E-state index in [1.165, 1.54) is 70.4 Å². The summed E-state index contributed by atoms with van der Waals surface area (Å²) in [5.74, 6) is -1.01. The van der Waals surface area contributed by atoms with E-state index in [1.54, 1.807) is 0 Å². The van der Waals surface area contributed by atoms with E-state index in [1.807, 2.05) is 0 Å². The van der Waals surface area contributed by atoms with Gasteiger partial charge in [-0.05, 0) is 6.42 Å². The van der Waals surface area contributed by atoms with Crippen molar-refractivity contribution in [2.45, 2.75) is 96.8 Å². The van der Waals surface area contributed by atoms with Crippen LogP contribution in [-0.2, 0) is 4.79 Å². The third kappa shape index (κ3) is 12.0. The van der Waals surface area contributed by atoms with Crippen molar-refractivity contribution in [3.63, 3.8) is 0 Å². The number of rotatable bonds is 16. The van der Waals surface area contributed by atoms with E-state index >= 15 is 0 Å². The summed E-state index contributed by atoms with van der Waals surface area (Å²) in [7, 11) is 0. The average molecular weight is 406 g/mol. The number of hydrogen-bond acceptors (Lipinski definition) is 5. The summed E-state index contributed by atoms with van der Waals surface area (Å²) in [5.41, 5.74) is -0.264. The molecule has 0 saturated carbocycles. The third-order valence-electron chi connectivity index (χ3n) is 4.96. The number of unbranched alkanes of at least 4 members (excludes halogenated alkanes) is 12. The van der Waals surface area contributed by atoms with Gasteiger partial charge in [-0.15, -0.1) is 0 Å². The molecule has 0 aliphatic carbocycles. The average Bonchev–Trinajstić information content (AvgIpc) is 2.71. The Morgan fingerprint density at radius 2 is 1.41 bits per heavy atom. The van der Waals surface area contributed by atoms with Crippen molar-refractivity contribution < 1.29 is 14.5 Å². The lowest BCUT2D eigenvalue weighted by molar-refractivity contribution is -0.385. The van der Waals surface area contributed by atoms with Gasteiger partial charge in [-0.25, -0.2) is 0 Å². The molecule has 1 rings (SSSR count). The molecule has 0 spiro atoms. The van der Waals surface area contributed by atoms with E-state index < -0.39 is 10.8 Å². The van der Waals surface area contributed by atoms with Gasteiger partial charge < -0.3 is 0 Å². The second kappa shape index (κ2) is 15.6. The van der Waals surface area contributed by atoms with Crippen LogP contribution < -0.4 is 5.32 Å². The minimum absolute atomic E-state index is 0.0120. The summed E-state index contributed by atoms with van der Waals surface area (Å²) in [4.78, 5) is 37.6. The van der Waals surface area contributed by atoms with Gasteiger partial charge in [-0.2, -0.15) is 0 Å². The van der Waals surface area contributed by atoms with Crippen LogP contribution in [0.1, 0.15) is 107 Å². The third-order valence-corrected chi connectivity index (χ3v) is 4.96. The maximum absolute atomic E-state index is 12.0. The molecular weight excluding hydrogens is 370 g/mol. The van der Waals surface area contributed by atoms with E-state index in [4.69, 9.17) is 0 Å². The van der Waals surface area contributed by atoms with Crippen LogP contribution in [0.3, 0.4) is 0 Å². The molecule has 0 bridgehead atoms. The van der Waals surface area contributed by atoms with E-state index in [0.717, 1.165) is 31.5 Å². The first-order valence-corrected chi connectivity index (χ1v) is 11.0. The summed E-state index contributed by atoms with van der Waals surface area (Å²) < 4.78 is 0. The molecule has 0 fully saturated rings. The highest BCUT2D eigenvalue weighted by Gasteiger charge is 2.14. The highest BCUT2D eigenvalue weighted by atomic mass is 16.6. The maximum atomic E-state index is 12.0. The van der Waals surface area contributed by atoms with Crippen LogP contribution in [0, 0.1) is 10.1 Å². The number of hydrogen-bond donors (Lipinski definition) is 1. The normalized spacial score (nSPS) is 10.7. The lowest BCUT2D eigenvalue weighted by Gasteiger charge is -2.05. The summed E-state index contributed by atoms with van der Waals surface area (Å²) in [5, 5.41) is 13.0. The van der Waals surface area contributed by atoms with Crippen LogP contribution in [0.4, 0.5) is 5.69 Å². The Morgan fingerprint density at radius 3 is 1.93 bits per heavy atom. The molecule has 1 aromatic heterocycles. The first kappa shape index (κ1) is 24.7. The van der Waals surface area contributed by atoms with Gasteiger partial charge in [0.15, 0.2) is 0 Å². The number of imide groups is 1. The number of nitro groups is 1. The van der Waals surface area contributed by atoms with E-state index in [9.17, 15) is 19.7 Å². The van der Waals surface area contributed by atoms with Crippen molar-refractivity contribution in [2.75, 3.05) is 0 Å². The van der Waals surface area contributed by atoms with Gasteiger partial charge >= 0.3 is 0 Å². The minimum atomic E-state index is -0.652. The SMILES string of the molecule is CCCCCCCCCCCCCCCC(=O)NC(=O)c1cncc([N+](=O)[O-])c1. The number of amides is 2. The van der Waals surface area contributed by atoms with Crippen LogP contribution in [0.15, 0.2) is 18.5 Å². The molecule has 0 saturated heterocycles. The molecule has 0 aliphatic rings. The zero-order valence-electron chi connectivity index (χ0n) is 17.7. The standard InChI is InChI=1S/C22H35N3O4/c1-2-3-4-5-6-7-8-9-10-11-12-13-14-15-21(26)24-22(27)19-16-20(25(28)29)18-23-17-19/h16-18H,2-15H2,1H3,(H,24,26,27). The van der Waals surface area contributed by atoms with Crippen molar-refractivity contribution in [3.8, 4) is 0 Å². The highest BCUT2D eigenvalue weighted by Crippen LogP contribution is 2.13. The van der Waals surface area contributed by atoms with Gasteiger partial charge in [0.2, 0.25) is 5.91 Å². The molecule has 0 aromatic carbocycles. The van der Waals surface area contributed by atoms with E-state index in [0.29, 0.717) is 0 Å². The Kier molecular flexibility index (Phi) is 13.3. The van der Waals surface area contributed by atoms with Crippen LogP contribution in [-0.4, -0.2) is 21.7 Å². The van der Waals surface area contributed by atoms with Crippen molar-refractivity contribution in [1.29, 1.82) is 0 Å². The van der Waals surface area contributed by atoms with Gasteiger partial charge in [0, 0.05) is 18.7 Å². The Morgan fingerprint density at radius 1 is 0.897 bits per heavy atom. The number of carbonyl (C=O) groups is 2. The first-order chi connectivity index (χ1) is 14.0. The molecule has 0 atom stereocenters. The van der Waals surface area contributed by atoms with Crippen LogP contribution in [0.5, 0.6) is 0 Å². The lowest BCUT2D eigenvalue weighted by Crippen LogP contribution is -2.30. The maximum Gasteiger partial charge on any atom is 0.288 e. The first-order valence-electron chi connectivity index (χ1n) is 11.0. The predicted octanol–water partition coefficient (Wildman–Crippen LogP) is 5.73. The quantitative estimate of drug-likeness (QED) is 0.215. The molecular formula is C22H35N3O4. The van der Waals surface area contributed by atoms with Crippen molar-refractivity contribution in [2.24, 2.45) is 0 Å². The molecule has 162 valence electrons. The summed E-state index contributed by atoms with van der Waals surface area (Å²) in [6.45, 7) is 2.24. The van der Waals surface area contributed by atoms with Crippen LogP contribution in [0.25, 0.3) is 0 Å². The van der Waals surface area contributed by atoms with Crippen LogP contribution in [0.2, 0.25) is 0 Å². The fraction of sp³-hybridized carbons (Fsp3) is 0.682. The fourth-order valence-electron chi connectivity index (χ4n) is 3.22. The van der Waals surface area contributed by atoms with Crippen molar-refractivity contribution in [3.05, 3.63) is 34.1 Å². The summed E-state index contributed by atoms with van der Waals surface area (Å²) in [6.07, 6.45) is 18.5. The minimum Gasteiger partial charge on any atom is -0.292 e. The van der Waals surface area contributed by atoms with Gasteiger partial charge in [-0.3, -0.25) is 30.0 Å². The van der Waals surface area contributed by atoms with Gasteiger partial charge in [0.25, 0.3) is 11.6 Å². The molecule has 0 aliphatic heterocycles. The Hall–Kier alpha value is -2.31. The van der Waals surface area contributed by atoms with Crippen LogP contribution >= 0.6 is 0 Å². The van der Waals surface area contributed by atoms with Gasteiger partial charge in [0.1, 0.15) is 6.20 Å². The summed E-state index contributed by atoms with van der Waals surface area (Å²) in [6, 6.07) is 1.11. The Labute approximate surface area is 173 Å². The number of nitrogens with zero attached hydrogens (tertiary/aromatic N) is 2. The van der Waals surface area contributed by atoms with Gasteiger partial charge in [0.05, 0.1) is 10.5 Å². The van der Waals surface area contributed by atoms with Crippen molar-refractivity contribution in [1.82, 2.24) is 10.3 Å². The number of pyridine rings is 1. The molecule has 1 N–H and O–H groups in total. The zero-order chi connectivity index (χ0) is 21.3. The van der Waals surface area contributed by atoms with E-state index in [2.05, 4.69) is 17.2 Å². The number of carbonyl (C=O) groups excluding carboxylic acids is 2. The molecule has 2 amide bonds. The Balaban J connectivity index is 2.02. The summed E-state index contributed by atoms with van der Waals surface area (Å²) >= 11 is 0. The fourth-order valence-corrected chi connectivity index (χ4v) is 3.22.